The molecule has 1 fully saturated rings. The molecule has 0 aliphatic carbocycles. The van der Waals surface area contributed by atoms with Crippen molar-refractivity contribution in [2.75, 3.05) is 0 Å². The second-order valence-corrected chi connectivity index (χ2v) is 4.25. The fourth-order valence-corrected chi connectivity index (χ4v) is 1.98. The van der Waals surface area contributed by atoms with Gasteiger partial charge in [0.25, 0.3) is 5.91 Å². The van der Waals surface area contributed by atoms with E-state index < -0.39 is 11.9 Å². The van der Waals surface area contributed by atoms with E-state index in [1.54, 1.807) is 41.1 Å². The van der Waals surface area contributed by atoms with Crippen LogP contribution in [0.2, 0.25) is 0 Å². The van der Waals surface area contributed by atoms with Gasteiger partial charge < -0.3 is 9.88 Å². The number of hydrogen-bond acceptors (Lipinski definition) is 2. The number of aromatic nitrogens is 1. The number of benzene rings is 1. The molecule has 0 spiro atoms. The molecule has 2 heterocycles. The fraction of sp³-hybridized carbons (Fsp3) is 0. The first-order chi connectivity index (χ1) is 9.63. The molecule has 1 aromatic heterocycles. The van der Waals surface area contributed by atoms with Crippen LogP contribution in [0.4, 0.5) is 9.18 Å². The summed E-state index contributed by atoms with van der Waals surface area (Å²) < 4.78 is 14.7. The Morgan fingerprint density at radius 1 is 1.05 bits per heavy atom. The summed E-state index contributed by atoms with van der Waals surface area (Å²) in [6.07, 6.45) is 3.35. The third-order valence-electron chi connectivity index (χ3n) is 2.90. The molecule has 5 nitrogen and oxygen atoms in total. The number of carbonyl (C=O) groups is 2. The molecule has 3 amide bonds. The first-order valence-electron chi connectivity index (χ1n) is 5.91. The third kappa shape index (κ3) is 2.18. The molecule has 0 atom stereocenters. The van der Waals surface area contributed by atoms with Crippen LogP contribution in [0.5, 0.6) is 0 Å². The largest absolute Gasteiger partial charge is 0.326 e. The molecule has 1 saturated heterocycles. The highest BCUT2D eigenvalue weighted by atomic mass is 19.1. The Morgan fingerprint density at radius 3 is 2.45 bits per heavy atom. The maximum absolute atomic E-state index is 12.9. The van der Waals surface area contributed by atoms with E-state index in [-0.39, 0.29) is 11.5 Å². The zero-order valence-corrected chi connectivity index (χ0v) is 10.3. The van der Waals surface area contributed by atoms with Crippen molar-refractivity contribution in [1.29, 1.82) is 0 Å². The highest BCUT2D eigenvalue weighted by Gasteiger charge is 2.23. The van der Waals surface area contributed by atoms with Gasteiger partial charge in [-0.05, 0) is 42.5 Å². The maximum Gasteiger partial charge on any atom is 0.326 e. The summed E-state index contributed by atoms with van der Waals surface area (Å²) in [5.41, 5.74) is 1.63. The molecule has 100 valence electrons. The zero-order chi connectivity index (χ0) is 14.1. The van der Waals surface area contributed by atoms with Gasteiger partial charge in [-0.15, -0.1) is 0 Å². The van der Waals surface area contributed by atoms with Gasteiger partial charge in [0.15, 0.2) is 0 Å². The Balaban J connectivity index is 1.99. The van der Waals surface area contributed by atoms with Gasteiger partial charge in [-0.3, -0.25) is 10.1 Å². The summed E-state index contributed by atoms with van der Waals surface area (Å²) in [6.45, 7) is 0. The number of amides is 3. The van der Waals surface area contributed by atoms with Gasteiger partial charge in [0.2, 0.25) is 0 Å². The van der Waals surface area contributed by atoms with Crippen LogP contribution in [0.25, 0.3) is 11.8 Å². The minimum atomic E-state index is -0.541. The van der Waals surface area contributed by atoms with Crippen LogP contribution in [-0.2, 0) is 4.79 Å². The van der Waals surface area contributed by atoms with Gasteiger partial charge in [0.05, 0.1) is 0 Å². The third-order valence-corrected chi connectivity index (χ3v) is 2.90. The molecule has 6 heteroatoms. The van der Waals surface area contributed by atoms with E-state index in [0.29, 0.717) is 5.69 Å². The number of nitrogens with one attached hydrogen (secondary N) is 2. The molecule has 0 radical (unpaired) electrons. The number of nitrogens with zero attached hydrogens (tertiary/aromatic N) is 1. The Kier molecular flexibility index (Phi) is 2.83. The highest BCUT2D eigenvalue weighted by molar-refractivity contribution is 6.13. The summed E-state index contributed by atoms with van der Waals surface area (Å²) >= 11 is 0. The molecular formula is C14H10FN3O2. The fourth-order valence-electron chi connectivity index (χ4n) is 1.98. The number of imide groups is 1. The number of urea groups is 1. The quantitative estimate of drug-likeness (QED) is 0.646. The minimum Gasteiger partial charge on any atom is -0.317 e. The normalized spacial score (nSPS) is 16.4. The van der Waals surface area contributed by atoms with Crippen LogP contribution in [0.1, 0.15) is 5.69 Å². The predicted molar refractivity (Wildman–Crippen MR) is 70.4 cm³/mol. The molecule has 20 heavy (non-hydrogen) atoms. The van der Waals surface area contributed by atoms with Crippen LogP contribution < -0.4 is 10.6 Å². The average molecular weight is 271 g/mol. The van der Waals surface area contributed by atoms with Crippen molar-refractivity contribution in [2.24, 2.45) is 0 Å². The maximum atomic E-state index is 12.9. The lowest BCUT2D eigenvalue weighted by Crippen LogP contribution is -2.22. The van der Waals surface area contributed by atoms with Crippen molar-refractivity contribution < 1.29 is 14.0 Å². The molecule has 0 bridgehead atoms. The van der Waals surface area contributed by atoms with Crippen LogP contribution in [-0.4, -0.2) is 16.5 Å². The second kappa shape index (κ2) is 4.65. The van der Waals surface area contributed by atoms with Crippen LogP contribution in [0.15, 0.2) is 48.3 Å². The molecular weight excluding hydrogens is 261 g/mol. The molecule has 1 aliphatic heterocycles. The topological polar surface area (TPSA) is 63.1 Å². The lowest BCUT2D eigenvalue weighted by atomic mass is 10.2. The number of carbonyl (C=O) groups excluding carboxylic acids is 2. The summed E-state index contributed by atoms with van der Waals surface area (Å²) in [5.74, 6) is -0.787. The predicted octanol–water partition coefficient (Wildman–Crippen LogP) is 1.80. The van der Waals surface area contributed by atoms with E-state index in [2.05, 4.69) is 10.6 Å². The Morgan fingerprint density at radius 2 is 1.80 bits per heavy atom. The molecule has 0 saturated carbocycles. The number of halogens is 1. The van der Waals surface area contributed by atoms with E-state index in [1.165, 1.54) is 12.1 Å². The first-order valence-corrected chi connectivity index (χ1v) is 5.91. The van der Waals surface area contributed by atoms with Crippen LogP contribution in [0.3, 0.4) is 0 Å². The van der Waals surface area contributed by atoms with Gasteiger partial charge in [0, 0.05) is 17.6 Å². The van der Waals surface area contributed by atoms with Gasteiger partial charge in [0.1, 0.15) is 11.5 Å². The Hall–Kier alpha value is -2.89. The van der Waals surface area contributed by atoms with Gasteiger partial charge in [-0.25, -0.2) is 9.18 Å². The van der Waals surface area contributed by atoms with Gasteiger partial charge in [-0.2, -0.15) is 0 Å². The lowest BCUT2D eigenvalue weighted by Gasteiger charge is -2.06. The van der Waals surface area contributed by atoms with E-state index in [4.69, 9.17) is 0 Å². The van der Waals surface area contributed by atoms with Gasteiger partial charge in [-0.1, -0.05) is 0 Å². The van der Waals surface area contributed by atoms with E-state index in [0.717, 1.165) is 5.69 Å². The molecule has 0 unspecified atom stereocenters. The van der Waals surface area contributed by atoms with Crippen molar-refractivity contribution in [2.45, 2.75) is 0 Å². The Labute approximate surface area is 113 Å². The summed E-state index contributed by atoms with van der Waals surface area (Å²) in [7, 11) is 0. The number of rotatable bonds is 2. The monoisotopic (exact) mass is 271 g/mol. The zero-order valence-electron chi connectivity index (χ0n) is 10.3. The smallest absolute Gasteiger partial charge is 0.317 e. The van der Waals surface area contributed by atoms with E-state index >= 15 is 0 Å². The van der Waals surface area contributed by atoms with Crippen LogP contribution >= 0.6 is 0 Å². The summed E-state index contributed by atoms with van der Waals surface area (Å²) in [5, 5.41) is 4.55. The summed E-state index contributed by atoms with van der Waals surface area (Å²) in [6, 6.07) is 9.02. The second-order valence-electron chi connectivity index (χ2n) is 4.25. The molecule has 2 aromatic rings. The summed E-state index contributed by atoms with van der Waals surface area (Å²) in [4.78, 5) is 22.5. The first kappa shape index (κ1) is 12.2. The highest BCUT2D eigenvalue weighted by Crippen LogP contribution is 2.16. The SMILES string of the molecule is O=C1NC(=O)C(=Cc2cccn2-c2ccc(F)cc2)N1. The molecule has 1 aliphatic rings. The van der Waals surface area contributed by atoms with E-state index in [1.807, 2.05) is 0 Å². The molecule has 3 rings (SSSR count). The van der Waals surface area contributed by atoms with Crippen molar-refractivity contribution in [3.05, 3.63) is 59.8 Å². The number of hydrogen-bond donors (Lipinski definition) is 2. The Bertz CT molecular complexity index is 716. The lowest BCUT2D eigenvalue weighted by molar-refractivity contribution is -0.115. The standard InChI is InChI=1S/C14H10FN3O2/c15-9-3-5-10(6-4-9)18-7-1-2-11(18)8-12-13(19)17-14(20)16-12/h1-8H,(H2,16,17,19,20). The van der Waals surface area contributed by atoms with Crippen molar-refractivity contribution in [3.8, 4) is 5.69 Å². The average Bonchev–Trinajstić information content (AvgIpc) is 2.98. The van der Waals surface area contributed by atoms with Crippen molar-refractivity contribution in [3.63, 3.8) is 0 Å². The van der Waals surface area contributed by atoms with Crippen LogP contribution in [0, 0.1) is 5.82 Å². The molecule has 1 aromatic carbocycles. The van der Waals surface area contributed by atoms with Crippen molar-refractivity contribution in [1.82, 2.24) is 15.2 Å². The molecule has 2 N–H and O–H groups in total. The van der Waals surface area contributed by atoms with Crippen molar-refractivity contribution >= 4 is 18.0 Å². The van der Waals surface area contributed by atoms with Gasteiger partial charge >= 0.3 is 6.03 Å². The van der Waals surface area contributed by atoms with E-state index in [9.17, 15) is 14.0 Å². The minimum absolute atomic E-state index is 0.178.